The van der Waals surface area contributed by atoms with Gasteiger partial charge in [-0.25, -0.2) is 13.6 Å². The number of amides is 1. The molecule has 0 fully saturated rings. The third-order valence-corrected chi connectivity index (χ3v) is 5.02. The van der Waals surface area contributed by atoms with Crippen LogP contribution in [0.3, 0.4) is 0 Å². The van der Waals surface area contributed by atoms with Gasteiger partial charge >= 0.3 is 0 Å². The fourth-order valence-corrected chi connectivity index (χ4v) is 2.83. The van der Waals surface area contributed by atoms with E-state index in [9.17, 15) is 13.2 Å². The number of nitrogens with two attached hydrogens (primary N) is 1. The van der Waals surface area contributed by atoms with Crippen molar-refractivity contribution in [2.75, 3.05) is 6.61 Å². The first-order valence-corrected chi connectivity index (χ1v) is 9.47. The first-order valence-electron chi connectivity index (χ1n) is 7.17. The van der Waals surface area contributed by atoms with E-state index in [1.807, 2.05) is 0 Å². The van der Waals surface area contributed by atoms with E-state index in [0.29, 0.717) is 15.8 Å². The molecule has 0 aliphatic rings. The van der Waals surface area contributed by atoms with Crippen molar-refractivity contribution in [1.82, 2.24) is 5.32 Å². The quantitative estimate of drug-likeness (QED) is 0.775. The van der Waals surface area contributed by atoms with Gasteiger partial charge in [0.05, 0.1) is 21.0 Å². The smallest absolute Gasteiger partial charge is 0.258 e. The average Bonchev–Trinajstić information content (AvgIpc) is 2.55. The molecule has 25 heavy (non-hydrogen) atoms. The highest BCUT2D eigenvalue weighted by molar-refractivity contribution is 7.89. The molecular weight excluding hydrogens is 387 g/mol. The zero-order valence-electron chi connectivity index (χ0n) is 13.2. The van der Waals surface area contributed by atoms with Crippen molar-refractivity contribution in [2.45, 2.75) is 17.9 Å². The maximum Gasteiger partial charge on any atom is 0.258 e. The van der Waals surface area contributed by atoms with Crippen LogP contribution >= 0.6 is 23.2 Å². The van der Waals surface area contributed by atoms with Gasteiger partial charge in [-0.3, -0.25) is 4.79 Å². The molecule has 0 bridgehead atoms. The largest absolute Gasteiger partial charge is 0.484 e. The summed E-state index contributed by atoms with van der Waals surface area (Å²) < 4.78 is 27.8. The van der Waals surface area contributed by atoms with E-state index in [0.717, 1.165) is 5.56 Å². The lowest BCUT2D eigenvalue weighted by Crippen LogP contribution is -2.31. The molecule has 2 aromatic carbocycles. The lowest BCUT2D eigenvalue weighted by atomic mass is 10.1. The molecule has 0 spiro atoms. The molecule has 0 radical (unpaired) electrons. The van der Waals surface area contributed by atoms with Gasteiger partial charge in [0, 0.05) is 6.07 Å². The molecule has 0 aromatic heterocycles. The average molecular weight is 403 g/mol. The fourth-order valence-electron chi connectivity index (χ4n) is 2.03. The summed E-state index contributed by atoms with van der Waals surface area (Å²) in [6.07, 6.45) is 0. The number of hydrogen-bond acceptors (Lipinski definition) is 4. The second-order valence-corrected chi connectivity index (χ2v) is 7.64. The number of ether oxygens (including phenoxy) is 1. The normalized spacial score (nSPS) is 12.5. The standard InChI is InChI=1S/C16H16Cl2N2O4S/c1-10(11-2-5-13(6-3-11)25(19,22)23)20-16(21)9-24-12-4-7-14(17)15(18)8-12/h2-8,10H,9H2,1H3,(H,20,21)(H2,19,22,23)/t10-/m1/s1. The number of halogens is 2. The van der Waals surface area contributed by atoms with E-state index in [4.69, 9.17) is 33.1 Å². The first-order chi connectivity index (χ1) is 11.7. The first kappa shape index (κ1) is 19.5. The van der Waals surface area contributed by atoms with Crippen molar-refractivity contribution < 1.29 is 17.9 Å². The maximum atomic E-state index is 12.0. The maximum absolute atomic E-state index is 12.0. The van der Waals surface area contributed by atoms with Crippen LogP contribution in [0.15, 0.2) is 47.4 Å². The minimum Gasteiger partial charge on any atom is -0.484 e. The van der Waals surface area contributed by atoms with Crippen LogP contribution in [-0.4, -0.2) is 20.9 Å². The second-order valence-electron chi connectivity index (χ2n) is 5.27. The summed E-state index contributed by atoms with van der Waals surface area (Å²) in [6, 6.07) is 10.3. The van der Waals surface area contributed by atoms with Crippen LogP contribution in [0.4, 0.5) is 0 Å². The van der Waals surface area contributed by atoms with Crippen molar-refractivity contribution in [3.05, 3.63) is 58.1 Å². The van der Waals surface area contributed by atoms with Crippen molar-refractivity contribution in [1.29, 1.82) is 0 Å². The number of carbonyl (C=O) groups is 1. The van der Waals surface area contributed by atoms with Gasteiger partial charge in [-0.15, -0.1) is 0 Å². The van der Waals surface area contributed by atoms with Gasteiger partial charge < -0.3 is 10.1 Å². The van der Waals surface area contributed by atoms with E-state index < -0.39 is 10.0 Å². The predicted octanol–water partition coefficient (Wildman–Crippen LogP) is 2.90. The SMILES string of the molecule is C[C@@H](NC(=O)COc1ccc(Cl)c(Cl)c1)c1ccc(S(N)(=O)=O)cc1. The third kappa shape index (κ3) is 5.61. The number of rotatable bonds is 6. The third-order valence-electron chi connectivity index (χ3n) is 3.35. The monoisotopic (exact) mass is 402 g/mol. The second kappa shape index (κ2) is 8.05. The number of hydrogen-bond donors (Lipinski definition) is 2. The molecule has 0 saturated heterocycles. The number of sulfonamides is 1. The van der Waals surface area contributed by atoms with Gasteiger partial charge in [0.25, 0.3) is 5.91 Å². The Morgan fingerprint density at radius 1 is 1.16 bits per heavy atom. The summed E-state index contributed by atoms with van der Waals surface area (Å²) in [4.78, 5) is 12.0. The van der Waals surface area contributed by atoms with Crippen LogP contribution in [0.2, 0.25) is 10.0 Å². The number of primary sulfonamides is 1. The zero-order valence-corrected chi connectivity index (χ0v) is 15.5. The molecule has 0 saturated carbocycles. The van der Waals surface area contributed by atoms with Crippen molar-refractivity contribution >= 4 is 39.1 Å². The van der Waals surface area contributed by atoms with Crippen LogP contribution in [-0.2, 0) is 14.8 Å². The molecule has 2 rings (SSSR count). The highest BCUT2D eigenvalue weighted by Crippen LogP contribution is 2.26. The van der Waals surface area contributed by atoms with Crippen LogP contribution in [0.25, 0.3) is 0 Å². The molecule has 6 nitrogen and oxygen atoms in total. The summed E-state index contributed by atoms with van der Waals surface area (Å²) in [7, 11) is -3.74. The summed E-state index contributed by atoms with van der Waals surface area (Å²) in [6.45, 7) is 1.57. The van der Waals surface area contributed by atoms with E-state index in [-0.39, 0.29) is 23.5 Å². The van der Waals surface area contributed by atoms with Gasteiger partial charge in [-0.05, 0) is 36.8 Å². The van der Waals surface area contributed by atoms with Crippen LogP contribution in [0, 0.1) is 0 Å². The zero-order chi connectivity index (χ0) is 18.6. The van der Waals surface area contributed by atoms with Gasteiger partial charge in [-0.1, -0.05) is 35.3 Å². The van der Waals surface area contributed by atoms with Gasteiger partial charge in [0.15, 0.2) is 6.61 Å². The van der Waals surface area contributed by atoms with Gasteiger partial charge in [-0.2, -0.15) is 0 Å². The number of carbonyl (C=O) groups excluding carboxylic acids is 1. The minimum absolute atomic E-state index is 0.0118. The molecule has 9 heteroatoms. The molecule has 0 unspecified atom stereocenters. The van der Waals surface area contributed by atoms with E-state index in [1.54, 1.807) is 31.2 Å². The Morgan fingerprint density at radius 3 is 2.36 bits per heavy atom. The fraction of sp³-hybridized carbons (Fsp3) is 0.188. The van der Waals surface area contributed by atoms with Crippen molar-refractivity contribution in [3.8, 4) is 5.75 Å². The van der Waals surface area contributed by atoms with E-state index in [2.05, 4.69) is 5.32 Å². The Kier molecular flexibility index (Phi) is 6.29. The molecular formula is C16H16Cl2N2O4S. The molecule has 0 heterocycles. The van der Waals surface area contributed by atoms with E-state index in [1.165, 1.54) is 18.2 Å². The minimum atomic E-state index is -3.74. The molecule has 134 valence electrons. The number of benzene rings is 2. The molecule has 0 aliphatic carbocycles. The summed E-state index contributed by atoms with van der Waals surface area (Å²) >= 11 is 11.7. The molecule has 1 amide bonds. The Morgan fingerprint density at radius 2 is 1.80 bits per heavy atom. The highest BCUT2D eigenvalue weighted by Gasteiger charge is 2.13. The highest BCUT2D eigenvalue weighted by atomic mass is 35.5. The van der Waals surface area contributed by atoms with Crippen molar-refractivity contribution in [3.63, 3.8) is 0 Å². The molecule has 2 aromatic rings. The Bertz CT molecular complexity index is 870. The Balaban J connectivity index is 1.92. The van der Waals surface area contributed by atoms with Crippen LogP contribution < -0.4 is 15.2 Å². The van der Waals surface area contributed by atoms with Gasteiger partial charge in [0.2, 0.25) is 10.0 Å². The molecule has 1 atom stereocenters. The Hall–Kier alpha value is -1.80. The Labute approximate surface area is 155 Å². The van der Waals surface area contributed by atoms with Crippen LogP contribution in [0.5, 0.6) is 5.75 Å². The molecule has 3 N–H and O–H groups in total. The van der Waals surface area contributed by atoms with E-state index >= 15 is 0 Å². The summed E-state index contributed by atoms with van der Waals surface area (Å²) in [5.74, 6) is 0.0869. The number of nitrogens with one attached hydrogen (secondary N) is 1. The predicted molar refractivity (Wildman–Crippen MR) is 96.3 cm³/mol. The molecule has 0 aliphatic heterocycles. The lowest BCUT2D eigenvalue weighted by Gasteiger charge is -2.15. The topological polar surface area (TPSA) is 98.5 Å². The lowest BCUT2D eigenvalue weighted by molar-refractivity contribution is -0.123. The summed E-state index contributed by atoms with van der Waals surface area (Å²) in [5, 5.41) is 8.53. The summed E-state index contributed by atoms with van der Waals surface area (Å²) in [5.41, 5.74) is 0.732. The van der Waals surface area contributed by atoms with Crippen molar-refractivity contribution in [2.24, 2.45) is 5.14 Å². The van der Waals surface area contributed by atoms with Gasteiger partial charge in [0.1, 0.15) is 5.75 Å². The van der Waals surface area contributed by atoms with Crippen LogP contribution in [0.1, 0.15) is 18.5 Å².